The first-order valence-corrected chi connectivity index (χ1v) is 9.28. The summed E-state index contributed by atoms with van der Waals surface area (Å²) in [7, 11) is 0. The summed E-state index contributed by atoms with van der Waals surface area (Å²) in [6.45, 7) is 0.304. The molecule has 1 heterocycles. The highest BCUT2D eigenvalue weighted by Crippen LogP contribution is 2.26. The van der Waals surface area contributed by atoms with Crippen molar-refractivity contribution in [3.63, 3.8) is 0 Å². The van der Waals surface area contributed by atoms with Crippen LogP contribution in [0.2, 0.25) is 0 Å². The number of imidazole rings is 1. The molecule has 0 saturated carbocycles. The summed E-state index contributed by atoms with van der Waals surface area (Å²) < 4.78 is 43.3. The second-order valence-electron chi connectivity index (χ2n) is 6.52. The number of nitrogens with one attached hydrogen (secondary N) is 2. The second-order valence-corrected chi connectivity index (χ2v) is 6.52. The molecule has 0 atom stereocenters. The predicted octanol–water partition coefficient (Wildman–Crippen LogP) is 3.74. The van der Waals surface area contributed by atoms with Crippen LogP contribution >= 0.6 is 0 Å². The number of carbonyl (C=O) groups is 2. The maximum atomic E-state index is 12.5. The van der Waals surface area contributed by atoms with Gasteiger partial charge in [-0.1, -0.05) is 24.3 Å². The molecule has 10 heteroatoms. The molecule has 0 saturated heterocycles. The van der Waals surface area contributed by atoms with E-state index in [-0.39, 0.29) is 35.7 Å². The van der Waals surface area contributed by atoms with E-state index in [1.807, 2.05) is 0 Å². The highest BCUT2D eigenvalue weighted by atomic mass is 19.4. The quantitative estimate of drug-likeness (QED) is 0.568. The van der Waals surface area contributed by atoms with E-state index in [4.69, 9.17) is 0 Å². The van der Waals surface area contributed by atoms with E-state index >= 15 is 0 Å². The summed E-state index contributed by atoms with van der Waals surface area (Å²) in [5.41, 5.74) is 0.864. The van der Waals surface area contributed by atoms with E-state index in [2.05, 4.69) is 20.4 Å². The summed E-state index contributed by atoms with van der Waals surface area (Å²) in [6, 6.07) is 11.8. The number of alkyl halides is 3. The normalized spacial score (nSPS) is 11.1. The molecule has 0 spiro atoms. The zero-order valence-electron chi connectivity index (χ0n) is 16.2. The van der Waals surface area contributed by atoms with Crippen molar-refractivity contribution in [3.8, 4) is 5.75 Å². The third-order valence-electron chi connectivity index (χ3n) is 4.20. The largest absolute Gasteiger partial charge is 0.573 e. The SMILES string of the molecule is O=C(CCn1ccnc1)Nc1cccc(C(=O)NCc2ccccc2OC(F)(F)F)c1. The number of ether oxygens (including phenoxy) is 1. The lowest BCUT2D eigenvalue weighted by Gasteiger charge is -2.14. The summed E-state index contributed by atoms with van der Waals surface area (Å²) in [6.07, 6.45) is 0.368. The Balaban J connectivity index is 1.57. The van der Waals surface area contributed by atoms with Gasteiger partial charge >= 0.3 is 6.36 Å². The summed E-state index contributed by atoms with van der Waals surface area (Å²) in [5, 5.41) is 5.27. The van der Waals surface area contributed by atoms with Crippen LogP contribution in [0.5, 0.6) is 5.75 Å². The van der Waals surface area contributed by atoms with E-state index in [1.165, 1.54) is 30.3 Å². The van der Waals surface area contributed by atoms with Gasteiger partial charge in [-0.05, 0) is 24.3 Å². The number of carbonyl (C=O) groups excluding carboxylic acids is 2. The molecular weight excluding hydrogens is 413 g/mol. The molecular formula is C21H19F3N4O3. The number of hydrogen-bond acceptors (Lipinski definition) is 4. The second kappa shape index (κ2) is 9.79. The maximum Gasteiger partial charge on any atom is 0.573 e. The van der Waals surface area contributed by atoms with Crippen LogP contribution in [0.3, 0.4) is 0 Å². The number of hydrogen-bond donors (Lipinski definition) is 2. The summed E-state index contributed by atoms with van der Waals surface area (Å²) in [4.78, 5) is 28.4. The fourth-order valence-corrected chi connectivity index (χ4v) is 2.76. The number of benzene rings is 2. The van der Waals surface area contributed by atoms with Gasteiger partial charge < -0.3 is 19.9 Å². The number of aryl methyl sites for hydroxylation is 1. The minimum Gasteiger partial charge on any atom is -0.405 e. The molecule has 0 aliphatic rings. The lowest BCUT2D eigenvalue weighted by atomic mass is 10.1. The smallest absolute Gasteiger partial charge is 0.405 e. The number of para-hydroxylation sites is 1. The van der Waals surface area contributed by atoms with Gasteiger partial charge in [0.05, 0.1) is 6.33 Å². The first-order valence-electron chi connectivity index (χ1n) is 9.28. The highest BCUT2D eigenvalue weighted by molar-refractivity contribution is 5.97. The lowest BCUT2D eigenvalue weighted by molar-refractivity contribution is -0.274. The van der Waals surface area contributed by atoms with Gasteiger partial charge in [-0.15, -0.1) is 13.2 Å². The molecule has 1 aromatic heterocycles. The number of halogens is 3. The zero-order chi connectivity index (χ0) is 22.3. The van der Waals surface area contributed by atoms with E-state index in [0.29, 0.717) is 12.2 Å². The molecule has 2 N–H and O–H groups in total. The van der Waals surface area contributed by atoms with Crippen LogP contribution in [0.15, 0.2) is 67.3 Å². The van der Waals surface area contributed by atoms with Crippen LogP contribution < -0.4 is 15.4 Å². The van der Waals surface area contributed by atoms with Crippen molar-refractivity contribution in [1.29, 1.82) is 0 Å². The molecule has 0 fully saturated rings. The topological polar surface area (TPSA) is 85.2 Å². The first kappa shape index (κ1) is 21.9. The first-order chi connectivity index (χ1) is 14.8. The molecule has 0 bridgehead atoms. The average Bonchev–Trinajstić information content (AvgIpc) is 3.24. The molecule has 0 unspecified atom stereocenters. The van der Waals surface area contributed by atoms with Crippen molar-refractivity contribution in [2.75, 3.05) is 5.32 Å². The fraction of sp³-hybridized carbons (Fsp3) is 0.190. The highest BCUT2D eigenvalue weighted by Gasteiger charge is 2.32. The van der Waals surface area contributed by atoms with Crippen molar-refractivity contribution in [2.24, 2.45) is 0 Å². The van der Waals surface area contributed by atoms with Gasteiger partial charge in [0, 0.05) is 48.7 Å². The Labute approximate surface area is 175 Å². The van der Waals surface area contributed by atoms with Gasteiger partial charge in [-0.2, -0.15) is 0 Å². The number of anilines is 1. The van der Waals surface area contributed by atoms with Gasteiger partial charge in [-0.25, -0.2) is 4.98 Å². The van der Waals surface area contributed by atoms with Crippen molar-refractivity contribution < 1.29 is 27.5 Å². The van der Waals surface area contributed by atoms with Crippen molar-refractivity contribution >= 4 is 17.5 Å². The maximum absolute atomic E-state index is 12.5. The third kappa shape index (κ3) is 6.88. The minimum atomic E-state index is -4.83. The van der Waals surface area contributed by atoms with Crippen LogP contribution in [0.4, 0.5) is 18.9 Å². The van der Waals surface area contributed by atoms with Gasteiger partial charge in [0.15, 0.2) is 0 Å². The van der Waals surface area contributed by atoms with Crippen molar-refractivity contribution in [3.05, 3.63) is 78.4 Å². The average molecular weight is 432 g/mol. The zero-order valence-corrected chi connectivity index (χ0v) is 16.2. The third-order valence-corrected chi connectivity index (χ3v) is 4.20. The molecule has 7 nitrogen and oxygen atoms in total. The van der Waals surface area contributed by atoms with E-state index < -0.39 is 12.3 Å². The molecule has 162 valence electrons. The van der Waals surface area contributed by atoms with Crippen molar-refractivity contribution in [1.82, 2.24) is 14.9 Å². The van der Waals surface area contributed by atoms with Crippen LogP contribution in [0.1, 0.15) is 22.3 Å². The molecule has 0 aliphatic carbocycles. The molecule has 3 aromatic rings. The molecule has 3 rings (SSSR count). The molecule has 2 amide bonds. The number of rotatable bonds is 8. The summed E-state index contributed by atoms with van der Waals surface area (Å²) >= 11 is 0. The predicted molar refractivity (Wildman–Crippen MR) is 106 cm³/mol. The Morgan fingerprint density at radius 1 is 1.10 bits per heavy atom. The molecule has 0 radical (unpaired) electrons. The Bertz CT molecular complexity index is 1040. The van der Waals surface area contributed by atoms with Gasteiger partial charge in [0.1, 0.15) is 5.75 Å². The Hall–Kier alpha value is -3.82. The Kier molecular flexibility index (Phi) is 6.91. The van der Waals surface area contributed by atoms with Crippen LogP contribution in [0.25, 0.3) is 0 Å². The number of amides is 2. The number of nitrogens with zero attached hydrogens (tertiary/aromatic N) is 2. The molecule has 0 aliphatic heterocycles. The number of aromatic nitrogens is 2. The standard InChI is InChI=1S/C21H19F3N4O3/c22-21(23,24)31-18-7-2-1-4-16(18)13-26-20(30)15-5-3-6-17(12-15)27-19(29)8-10-28-11-9-25-14-28/h1-7,9,11-12,14H,8,10,13H2,(H,26,30)(H,27,29). The van der Waals surface area contributed by atoms with E-state index in [9.17, 15) is 22.8 Å². The van der Waals surface area contributed by atoms with Crippen molar-refractivity contribution in [2.45, 2.75) is 25.9 Å². The van der Waals surface area contributed by atoms with Crippen LogP contribution in [-0.4, -0.2) is 27.7 Å². The van der Waals surface area contributed by atoms with E-state index in [0.717, 1.165) is 0 Å². The van der Waals surface area contributed by atoms with Crippen LogP contribution in [0, 0.1) is 0 Å². The Morgan fingerprint density at radius 3 is 2.65 bits per heavy atom. The minimum absolute atomic E-state index is 0.160. The van der Waals surface area contributed by atoms with Gasteiger partial charge in [-0.3, -0.25) is 9.59 Å². The molecule has 2 aromatic carbocycles. The fourth-order valence-electron chi connectivity index (χ4n) is 2.76. The van der Waals surface area contributed by atoms with E-state index in [1.54, 1.807) is 41.5 Å². The van der Waals surface area contributed by atoms with Gasteiger partial charge in [0.2, 0.25) is 5.91 Å². The Morgan fingerprint density at radius 2 is 1.90 bits per heavy atom. The molecule has 31 heavy (non-hydrogen) atoms. The van der Waals surface area contributed by atoms with Gasteiger partial charge in [0.25, 0.3) is 5.91 Å². The van der Waals surface area contributed by atoms with Crippen LogP contribution in [-0.2, 0) is 17.9 Å². The monoisotopic (exact) mass is 432 g/mol. The lowest BCUT2D eigenvalue weighted by Crippen LogP contribution is -2.24. The summed E-state index contributed by atoms with van der Waals surface area (Å²) in [5.74, 6) is -1.12.